The summed E-state index contributed by atoms with van der Waals surface area (Å²) >= 11 is 0. The number of amides is 7. The summed E-state index contributed by atoms with van der Waals surface area (Å²) in [6, 6.07) is 14.8. The van der Waals surface area contributed by atoms with E-state index >= 15 is 0 Å². The zero-order valence-electron chi connectivity index (χ0n) is 41.9. The van der Waals surface area contributed by atoms with Crippen LogP contribution in [0.3, 0.4) is 0 Å². The van der Waals surface area contributed by atoms with Gasteiger partial charge in [0.15, 0.2) is 0 Å². The van der Waals surface area contributed by atoms with Gasteiger partial charge in [-0.1, -0.05) is 53.2 Å². The second-order valence-electron chi connectivity index (χ2n) is 19.0. The summed E-state index contributed by atoms with van der Waals surface area (Å²) in [5.41, 5.74) is 8.68. The average Bonchev–Trinajstić information content (AvgIpc) is 3.92. The fraction of sp³-hybridized carbons (Fsp3) is 0.588. The molecule has 2 unspecified atom stereocenters. The maximum atomic E-state index is 13.4. The largest absolute Gasteiger partial charge is 0.376 e. The molecular formula is C51H76N10O9. The number of carbonyl (C=O) groups is 7. The summed E-state index contributed by atoms with van der Waals surface area (Å²) in [6.07, 6.45) is 8.61. The maximum Gasteiger partial charge on any atom is 0.246 e. The molecule has 7 N–H and O–H groups in total. The van der Waals surface area contributed by atoms with Crippen molar-refractivity contribution in [1.82, 2.24) is 41.2 Å². The van der Waals surface area contributed by atoms with Gasteiger partial charge in [0, 0.05) is 56.6 Å². The van der Waals surface area contributed by atoms with Crippen molar-refractivity contribution >= 4 is 47.0 Å². The van der Waals surface area contributed by atoms with Crippen molar-refractivity contribution in [2.24, 2.45) is 17.6 Å². The van der Waals surface area contributed by atoms with Crippen LogP contribution in [-0.4, -0.2) is 118 Å². The number of nitrogens with one attached hydrogen (secondary N) is 5. The number of nitrogens with two attached hydrogens (primary N) is 1. The number of likely N-dealkylation sites (tertiary alicyclic amines) is 1. The lowest BCUT2D eigenvalue weighted by Gasteiger charge is -2.30. The molecule has 1 aromatic heterocycles. The van der Waals surface area contributed by atoms with E-state index in [9.17, 15) is 33.6 Å². The minimum atomic E-state index is -0.961. The van der Waals surface area contributed by atoms with E-state index in [0.717, 1.165) is 48.9 Å². The number of ether oxygens (including phenoxy) is 2. The molecule has 19 nitrogen and oxygen atoms in total. The van der Waals surface area contributed by atoms with Gasteiger partial charge in [-0.05, 0) is 123 Å². The molecule has 7 amide bonds. The van der Waals surface area contributed by atoms with Crippen molar-refractivity contribution in [1.29, 1.82) is 0 Å². The Balaban J connectivity index is 0.000000312. The number of hydrogen-bond donors (Lipinski definition) is 6. The predicted molar refractivity (Wildman–Crippen MR) is 264 cm³/mol. The molecule has 5 rings (SSSR count). The van der Waals surface area contributed by atoms with Crippen LogP contribution in [0.15, 0.2) is 60.8 Å². The maximum absolute atomic E-state index is 13.4. The molecular weight excluding hydrogens is 897 g/mol. The predicted octanol–water partition coefficient (Wildman–Crippen LogP) is 3.87. The highest BCUT2D eigenvalue weighted by Gasteiger charge is 2.34. The number of hydrogen-bond acceptors (Lipinski definition) is 12. The summed E-state index contributed by atoms with van der Waals surface area (Å²) in [6.45, 7) is 13.8. The van der Waals surface area contributed by atoms with Crippen LogP contribution in [0.1, 0.15) is 116 Å². The summed E-state index contributed by atoms with van der Waals surface area (Å²) in [4.78, 5) is 88.4. The monoisotopic (exact) mass is 973 g/mol. The van der Waals surface area contributed by atoms with E-state index < -0.39 is 30.5 Å². The molecule has 1 aliphatic carbocycles. The van der Waals surface area contributed by atoms with E-state index in [4.69, 9.17) is 15.2 Å². The highest BCUT2D eigenvalue weighted by molar-refractivity contribution is 6.02. The summed E-state index contributed by atoms with van der Waals surface area (Å²) in [5, 5.41) is 22.3. The smallest absolute Gasteiger partial charge is 0.246 e. The van der Waals surface area contributed by atoms with E-state index in [-0.39, 0.29) is 60.1 Å². The van der Waals surface area contributed by atoms with Crippen LogP contribution in [0, 0.1) is 18.8 Å². The second kappa shape index (κ2) is 29.2. The molecule has 2 heterocycles. The summed E-state index contributed by atoms with van der Waals surface area (Å²) in [5.74, 6) is -1.53. The van der Waals surface area contributed by atoms with Crippen LogP contribution >= 0.6 is 0 Å². The first-order chi connectivity index (χ1) is 33.4. The van der Waals surface area contributed by atoms with Gasteiger partial charge in [0.25, 0.3) is 0 Å². The molecule has 0 bridgehead atoms. The van der Waals surface area contributed by atoms with Crippen molar-refractivity contribution in [3.8, 4) is 0 Å². The van der Waals surface area contributed by atoms with E-state index in [1.165, 1.54) is 4.90 Å². The Morgan fingerprint density at radius 1 is 0.843 bits per heavy atom. The van der Waals surface area contributed by atoms with Gasteiger partial charge in [0.2, 0.25) is 41.4 Å². The molecule has 2 fully saturated rings. The Kier molecular flexibility index (Phi) is 23.6. The third-order valence-corrected chi connectivity index (χ3v) is 12.1. The van der Waals surface area contributed by atoms with E-state index in [1.54, 1.807) is 16.8 Å². The molecule has 2 aliphatic rings. The molecule has 384 valence electrons. The number of benzene rings is 2. The van der Waals surface area contributed by atoms with Gasteiger partial charge in [0.05, 0.1) is 18.3 Å². The lowest BCUT2D eigenvalue weighted by atomic mass is 9.81. The molecule has 0 spiro atoms. The number of anilines is 1. The van der Waals surface area contributed by atoms with Crippen LogP contribution in [0.4, 0.5) is 5.69 Å². The Morgan fingerprint density at radius 3 is 2.13 bits per heavy atom. The normalized spacial score (nSPS) is 16.7. The Bertz CT molecular complexity index is 2120. The van der Waals surface area contributed by atoms with E-state index in [1.807, 2.05) is 76.4 Å². The average molecular weight is 973 g/mol. The zero-order valence-corrected chi connectivity index (χ0v) is 41.9. The highest BCUT2D eigenvalue weighted by Crippen LogP contribution is 2.31. The minimum Gasteiger partial charge on any atom is -0.376 e. The first kappa shape index (κ1) is 56.5. The van der Waals surface area contributed by atoms with Crippen LogP contribution in [0.25, 0.3) is 0 Å². The van der Waals surface area contributed by atoms with Crippen molar-refractivity contribution < 1.29 is 43.0 Å². The quantitative estimate of drug-likeness (QED) is 0.0495. The number of carbonyl (C=O) groups excluding carboxylic acids is 7. The fourth-order valence-electron chi connectivity index (χ4n) is 8.18. The fourth-order valence-corrected chi connectivity index (χ4v) is 8.18. The third-order valence-electron chi connectivity index (χ3n) is 12.1. The van der Waals surface area contributed by atoms with Crippen LogP contribution < -0.4 is 32.3 Å². The number of aromatic nitrogens is 3. The molecule has 2 aromatic carbocycles. The van der Waals surface area contributed by atoms with Gasteiger partial charge >= 0.3 is 0 Å². The molecule has 1 aliphatic heterocycles. The van der Waals surface area contributed by atoms with Gasteiger partial charge in [-0.2, -0.15) is 0 Å². The minimum absolute atomic E-state index is 0.0248. The van der Waals surface area contributed by atoms with Gasteiger partial charge in [-0.15, -0.1) is 5.10 Å². The highest BCUT2D eigenvalue weighted by atomic mass is 16.5. The third kappa shape index (κ3) is 20.5. The standard InChI is InChI=1S/C29H41N5O5.C22H35N5O4/c1-20(2)31-26(35)18-39-19-27(36)33-25(17-22-9-5-4-6-10-22)29(38)34-24(11-7-8-16-30)28(37)32-23-14-12-21(3)13-15-23;1-4-31-22(2,3)11-12-26-15-18(24-25-26)13-23-21(30)17-7-5-16(6-8-17)14-27-19(28)9-10-20(27)29/h4-6,9-10,12-15,20,24-25H,7-8,11,16-19,30H2,1-3H3,(H,31,35)(H,32,37)(H,33,36)(H,34,38);15-17H,4-14H2,1-3H3,(H,23,30). The lowest BCUT2D eigenvalue weighted by Crippen LogP contribution is -2.54. The molecule has 2 atom stereocenters. The van der Waals surface area contributed by atoms with Gasteiger partial charge < -0.3 is 41.8 Å². The number of nitrogens with zero attached hydrogens (tertiary/aromatic N) is 4. The number of unbranched alkanes of at least 4 members (excludes halogenated alkanes) is 1. The molecule has 1 saturated carbocycles. The summed E-state index contributed by atoms with van der Waals surface area (Å²) in [7, 11) is 0. The number of aryl methyl sites for hydroxylation is 2. The molecule has 19 heteroatoms. The van der Waals surface area contributed by atoms with Gasteiger partial charge in [-0.3, -0.25) is 43.1 Å². The Labute approximate surface area is 412 Å². The second-order valence-corrected chi connectivity index (χ2v) is 19.0. The first-order valence-electron chi connectivity index (χ1n) is 24.7. The van der Waals surface area contributed by atoms with Crippen LogP contribution in [-0.2, 0) is 62.5 Å². The molecule has 3 aromatic rings. The Hall–Kier alpha value is -6.05. The molecule has 0 radical (unpaired) electrons. The lowest BCUT2D eigenvalue weighted by molar-refractivity contribution is -0.140. The van der Waals surface area contributed by atoms with E-state index in [0.29, 0.717) is 76.5 Å². The van der Waals surface area contributed by atoms with Crippen LogP contribution in [0.5, 0.6) is 0 Å². The van der Waals surface area contributed by atoms with Crippen molar-refractivity contribution in [2.75, 3.05) is 38.2 Å². The van der Waals surface area contributed by atoms with Crippen LogP contribution in [0.2, 0.25) is 0 Å². The van der Waals surface area contributed by atoms with Crippen molar-refractivity contribution in [3.63, 3.8) is 0 Å². The summed E-state index contributed by atoms with van der Waals surface area (Å²) < 4.78 is 12.7. The number of rotatable bonds is 26. The van der Waals surface area contributed by atoms with Gasteiger partial charge in [-0.25, -0.2) is 0 Å². The number of imide groups is 1. The zero-order chi connectivity index (χ0) is 51.1. The van der Waals surface area contributed by atoms with Gasteiger partial charge in [0.1, 0.15) is 31.0 Å². The van der Waals surface area contributed by atoms with Crippen molar-refractivity contribution in [2.45, 2.75) is 149 Å². The first-order valence-corrected chi connectivity index (χ1v) is 24.7. The topological polar surface area (TPSA) is 258 Å². The SMILES string of the molecule is CCOC(C)(C)CCn1cc(CNC(=O)C2CCC(CN3C(=O)CCC3=O)CC2)nn1.Cc1ccc(NC(=O)C(CCCCN)NC(=O)C(Cc2ccccc2)NC(=O)COCC(=O)NC(C)C)cc1. The molecule has 70 heavy (non-hydrogen) atoms. The van der Waals surface area contributed by atoms with Crippen molar-refractivity contribution in [3.05, 3.63) is 77.6 Å². The van der Waals surface area contributed by atoms with E-state index in [2.05, 4.69) is 50.7 Å². The molecule has 1 saturated heterocycles. The Morgan fingerprint density at radius 2 is 1.50 bits per heavy atom.